The summed E-state index contributed by atoms with van der Waals surface area (Å²) in [5, 5.41) is 3.37. The van der Waals surface area contributed by atoms with E-state index in [-0.39, 0.29) is 18.5 Å². The van der Waals surface area contributed by atoms with Crippen LogP contribution in [0.4, 0.5) is 4.79 Å². The molecular weight excluding hydrogens is 352 g/mol. The molecule has 5 nitrogen and oxygen atoms in total. The lowest BCUT2D eigenvalue weighted by atomic mass is 9.93. The number of nitrogens with one attached hydrogen (secondary N) is 1. The van der Waals surface area contributed by atoms with Crippen molar-refractivity contribution in [3.05, 3.63) is 64.7 Å². The molecule has 2 aromatic rings. The monoisotopic (exact) mass is 372 g/mol. The molecule has 1 fully saturated rings. The number of carbonyl (C=O) groups is 2. The molecule has 6 heteroatoms. The average molecular weight is 373 g/mol. The Kier molecular flexibility index (Phi) is 5.18. The number of nitrogens with zero attached hydrogens (tertiary/aromatic N) is 1. The van der Waals surface area contributed by atoms with Gasteiger partial charge in [0, 0.05) is 5.02 Å². The van der Waals surface area contributed by atoms with Gasteiger partial charge in [-0.2, -0.15) is 0 Å². The van der Waals surface area contributed by atoms with Crippen LogP contribution in [0.3, 0.4) is 0 Å². The molecule has 0 aliphatic carbocycles. The van der Waals surface area contributed by atoms with E-state index in [1.165, 1.54) is 4.90 Å². The minimum atomic E-state index is -0.918. The lowest BCUT2D eigenvalue weighted by molar-refractivity contribution is -0.131. The molecule has 1 heterocycles. The van der Waals surface area contributed by atoms with Crippen LogP contribution in [-0.4, -0.2) is 29.5 Å². The Labute approximate surface area is 157 Å². The second kappa shape index (κ2) is 7.38. The predicted octanol–water partition coefficient (Wildman–Crippen LogP) is 3.79. The first kappa shape index (κ1) is 18.3. The van der Waals surface area contributed by atoms with Gasteiger partial charge < -0.3 is 10.1 Å². The second-order valence-corrected chi connectivity index (χ2v) is 7.00. The Balaban J connectivity index is 1.69. The van der Waals surface area contributed by atoms with Crippen LogP contribution in [0.25, 0.3) is 0 Å². The summed E-state index contributed by atoms with van der Waals surface area (Å²) in [5.41, 5.74) is 0.911. The molecule has 2 aromatic carbocycles. The Morgan fingerprint density at radius 1 is 1.12 bits per heavy atom. The molecule has 136 valence electrons. The van der Waals surface area contributed by atoms with Gasteiger partial charge in [0.1, 0.15) is 11.3 Å². The van der Waals surface area contributed by atoms with Crippen LogP contribution >= 0.6 is 11.6 Å². The van der Waals surface area contributed by atoms with Crippen LogP contribution in [0.5, 0.6) is 5.75 Å². The highest BCUT2D eigenvalue weighted by molar-refractivity contribution is 6.31. The van der Waals surface area contributed by atoms with E-state index in [4.69, 9.17) is 16.3 Å². The summed E-state index contributed by atoms with van der Waals surface area (Å²) in [6, 6.07) is 14.5. The minimum Gasteiger partial charge on any atom is -0.497 e. The number of carbonyl (C=O) groups excluding carboxylic acids is 2. The second-order valence-electron chi connectivity index (χ2n) is 6.59. The average Bonchev–Trinajstić information content (AvgIpc) is 2.86. The number of urea groups is 1. The minimum absolute atomic E-state index is 0.169. The van der Waals surface area contributed by atoms with Gasteiger partial charge in [-0.15, -0.1) is 0 Å². The van der Waals surface area contributed by atoms with E-state index in [1.54, 1.807) is 20.1 Å². The molecule has 3 amide bonds. The van der Waals surface area contributed by atoms with E-state index in [2.05, 4.69) is 5.32 Å². The maximum absolute atomic E-state index is 12.9. The Morgan fingerprint density at radius 2 is 1.81 bits per heavy atom. The van der Waals surface area contributed by atoms with Crippen molar-refractivity contribution in [1.82, 2.24) is 10.2 Å². The lowest BCUT2D eigenvalue weighted by Crippen LogP contribution is -2.44. The third kappa shape index (κ3) is 3.68. The standard InChI is InChI=1S/C20H21ClN2O3/c1-20(12-11-14-7-9-16(26-2)10-8-14)18(24)23(19(25)22-20)13-15-5-3-4-6-17(15)21/h3-10H,11-13H2,1-2H3,(H,22,25). The van der Waals surface area contributed by atoms with Crippen molar-refractivity contribution in [1.29, 1.82) is 0 Å². The summed E-state index contributed by atoms with van der Waals surface area (Å²) in [6.07, 6.45) is 1.19. The lowest BCUT2D eigenvalue weighted by Gasteiger charge is -2.22. The van der Waals surface area contributed by atoms with Crippen molar-refractivity contribution in [2.75, 3.05) is 7.11 Å². The zero-order valence-corrected chi connectivity index (χ0v) is 15.5. The Morgan fingerprint density at radius 3 is 2.46 bits per heavy atom. The summed E-state index contributed by atoms with van der Waals surface area (Å²) in [5.74, 6) is 0.562. The summed E-state index contributed by atoms with van der Waals surface area (Å²) in [4.78, 5) is 26.4. The molecule has 0 saturated carbocycles. The van der Waals surface area contributed by atoms with Crippen molar-refractivity contribution in [2.24, 2.45) is 0 Å². The maximum atomic E-state index is 12.9. The van der Waals surface area contributed by atoms with Crippen molar-refractivity contribution in [3.63, 3.8) is 0 Å². The molecule has 0 aromatic heterocycles. The Bertz CT molecular complexity index is 822. The van der Waals surface area contributed by atoms with Crippen molar-refractivity contribution >= 4 is 23.5 Å². The number of ether oxygens (including phenoxy) is 1. The van der Waals surface area contributed by atoms with Gasteiger partial charge in [-0.05, 0) is 49.1 Å². The van der Waals surface area contributed by atoms with Gasteiger partial charge in [0.05, 0.1) is 13.7 Å². The highest BCUT2D eigenvalue weighted by Gasteiger charge is 2.47. The predicted molar refractivity (Wildman–Crippen MR) is 100 cm³/mol. The molecule has 3 rings (SSSR count). The van der Waals surface area contributed by atoms with Gasteiger partial charge in [-0.25, -0.2) is 4.79 Å². The first-order valence-corrected chi connectivity index (χ1v) is 8.81. The molecule has 1 unspecified atom stereocenters. The van der Waals surface area contributed by atoms with Crippen LogP contribution in [0.2, 0.25) is 5.02 Å². The third-order valence-electron chi connectivity index (χ3n) is 4.70. The van der Waals surface area contributed by atoms with Gasteiger partial charge in [-0.3, -0.25) is 9.69 Å². The van der Waals surface area contributed by atoms with Crippen LogP contribution in [0.15, 0.2) is 48.5 Å². The van der Waals surface area contributed by atoms with E-state index in [0.29, 0.717) is 17.9 Å². The Hall–Kier alpha value is -2.53. The molecule has 1 atom stereocenters. The van der Waals surface area contributed by atoms with Gasteiger partial charge in [0.25, 0.3) is 5.91 Å². The number of amides is 3. The highest BCUT2D eigenvalue weighted by atomic mass is 35.5. The molecule has 1 saturated heterocycles. The fraction of sp³-hybridized carbons (Fsp3) is 0.300. The van der Waals surface area contributed by atoms with Crippen molar-refractivity contribution in [3.8, 4) is 5.75 Å². The normalized spacial score (nSPS) is 19.6. The molecule has 0 spiro atoms. The SMILES string of the molecule is COc1ccc(CCC2(C)NC(=O)N(Cc3ccccc3Cl)C2=O)cc1. The van der Waals surface area contributed by atoms with E-state index in [1.807, 2.05) is 42.5 Å². The van der Waals surface area contributed by atoms with Crippen LogP contribution in [0, 0.1) is 0 Å². The topological polar surface area (TPSA) is 58.6 Å². The summed E-state index contributed by atoms with van der Waals surface area (Å²) in [6.45, 7) is 1.94. The number of imide groups is 1. The fourth-order valence-corrected chi connectivity index (χ4v) is 3.24. The van der Waals surface area contributed by atoms with Gasteiger partial charge in [0.2, 0.25) is 0 Å². The van der Waals surface area contributed by atoms with E-state index < -0.39 is 5.54 Å². The molecule has 26 heavy (non-hydrogen) atoms. The van der Waals surface area contributed by atoms with Crippen LogP contribution < -0.4 is 10.1 Å². The smallest absolute Gasteiger partial charge is 0.325 e. The van der Waals surface area contributed by atoms with Crippen molar-refractivity contribution in [2.45, 2.75) is 31.8 Å². The molecule has 1 N–H and O–H groups in total. The molecule has 0 bridgehead atoms. The highest BCUT2D eigenvalue weighted by Crippen LogP contribution is 2.27. The zero-order valence-electron chi connectivity index (χ0n) is 14.8. The van der Waals surface area contributed by atoms with Gasteiger partial charge in [-0.1, -0.05) is 41.9 Å². The fourth-order valence-electron chi connectivity index (χ4n) is 3.04. The number of rotatable bonds is 6. The van der Waals surface area contributed by atoms with Gasteiger partial charge in [0.15, 0.2) is 0 Å². The largest absolute Gasteiger partial charge is 0.497 e. The first-order chi connectivity index (χ1) is 12.4. The number of hydrogen-bond donors (Lipinski definition) is 1. The number of methoxy groups -OCH3 is 1. The van der Waals surface area contributed by atoms with E-state index >= 15 is 0 Å². The van der Waals surface area contributed by atoms with Crippen LogP contribution in [-0.2, 0) is 17.8 Å². The van der Waals surface area contributed by atoms with Crippen molar-refractivity contribution < 1.29 is 14.3 Å². The number of aryl methyl sites for hydroxylation is 1. The third-order valence-corrected chi connectivity index (χ3v) is 5.07. The van der Waals surface area contributed by atoms with Crippen LogP contribution in [0.1, 0.15) is 24.5 Å². The van der Waals surface area contributed by atoms with E-state index in [9.17, 15) is 9.59 Å². The van der Waals surface area contributed by atoms with E-state index in [0.717, 1.165) is 16.9 Å². The number of halogens is 1. The number of hydrogen-bond acceptors (Lipinski definition) is 3. The molecule has 1 aliphatic heterocycles. The zero-order chi connectivity index (χ0) is 18.7. The molecule has 0 radical (unpaired) electrons. The first-order valence-electron chi connectivity index (χ1n) is 8.43. The molecule has 1 aliphatic rings. The summed E-state index contributed by atoms with van der Waals surface area (Å²) < 4.78 is 5.15. The van der Waals surface area contributed by atoms with Gasteiger partial charge >= 0.3 is 6.03 Å². The quantitative estimate of drug-likeness (QED) is 0.785. The molecular formula is C20H21ClN2O3. The summed E-state index contributed by atoms with van der Waals surface area (Å²) in [7, 11) is 1.62. The maximum Gasteiger partial charge on any atom is 0.325 e. The summed E-state index contributed by atoms with van der Waals surface area (Å²) >= 11 is 6.16. The number of benzene rings is 2.